The molecule has 0 saturated carbocycles. The van der Waals surface area contributed by atoms with Crippen LogP contribution in [-0.2, 0) is 50.1 Å². The Bertz CT molecular complexity index is 1470. The molecular formula is C39H44N2O6. The molecule has 8 heteroatoms. The van der Waals surface area contributed by atoms with Crippen LogP contribution in [-0.4, -0.2) is 61.5 Å². The molecule has 4 aromatic rings. The van der Waals surface area contributed by atoms with Crippen molar-refractivity contribution >= 4 is 6.01 Å². The fraction of sp³-hybridized carbons (Fsp3) is 0.359. The molecule has 0 unspecified atom stereocenters. The van der Waals surface area contributed by atoms with Gasteiger partial charge in [0.2, 0.25) is 0 Å². The van der Waals surface area contributed by atoms with Gasteiger partial charge in [-0.2, -0.15) is 4.99 Å². The van der Waals surface area contributed by atoms with Crippen LogP contribution in [0.2, 0.25) is 0 Å². The zero-order valence-electron chi connectivity index (χ0n) is 26.7. The number of aliphatic hydroxyl groups excluding tert-OH is 1. The van der Waals surface area contributed by atoms with Crippen molar-refractivity contribution in [2.75, 3.05) is 19.8 Å². The molecule has 0 spiro atoms. The highest BCUT2D eigenvalue weighted by molar-refractivity contribution is 5.41. The van der Waals surface area contributed by atoms with Crippen LogP contribution in [0.25, 0.3) is 0 Å². The first-order valence-corrected chi connectivity index (χ1v) is 16.3. The second kappa shape index (κ2) is 19.6. The molecule has 246 valence electrons. The van der Waals surface area contributed by atoms with Crippen LogP contribution in [0.3, 0.4) is 0 Å². The van der Waals surface area contributed by atoms with Crippen LogP contribution in [0.5, 0.6) is 0 Å². The normalized spacial score (nSPS) is 20.7. The van der Waals surface area contributed by atoms with Crippen molar-refractivity contribution in [3.63, 3.8) is 0 Å². The number of rotatable bonds is 18. The van der Waals surface area contributed by atoms with E-state index in [0.29, 0.717) is 39.4 Å². The minimum absolute atomic E-state index is 0.128. The van der Waals surface area contributed by atoms with Gasteiger partial charge in [-0.15, -0.1) is 0 Å². The predicted molar refractivity (Wildman–Crippen MR) is 181 cm³/mol. The first-order chi connectivity index (χ1) is 23.3. The van der Waals surface area contributed by atoms with E-state index in [-0.39, 0.29) is 13.2 Å². The van der Waals surface area contributed by atoms with Gasteiger partial charge in [-0.25, -0.2) is 4.99 Å². The Balaban J connectivity index is 1.44. The van der Waals surface area contributed by atoms with E-state index in [4.69, 9.17) is 28.8 Å². The molecule has 0 radical (unpaired) electrons. The molecule has 1 aliphatic heterocycles. The van der Waals surface area contributed by atoms with Crippen molar-refractivity contribution in [1.82, 2.24) is 0 Å². The summed E-state index contributed by atoms with van der Waals surface area (Å²) in [6, 6.07) is 43.0. The number of ether oxygens (including phenoxy) is 5. The lowest BCUT2D eigenvalue weighted by atomic mass is 9.97. The van der Waals surface area contributed by atoms with Gasteiger partial charge in [0, 0.05) is 13.2 Å². The van der Waals surface area contributed by atoms with Crippen LogP contribution in [0, 0.1) is 0 Å². The van der Waals surface area contributed by atoms with Gasteiger partial charge in [-0.1, -0.05) is 121 Å². The number of benzene rings is 4. The maximum absolute atomic E-state index is 9.13. The molecule has 0 aliphatic carbocycles. The van der Waals surface area contributed by atoms with E-state index in [9.17, 15) is 0 Å². The summed E-state index contributed by atoms with van der Waals surface area (Å²) in [5.74, 6) is 0. The first kappa shape index (κ1) is 34.4. The van der Waals surface area contributed by atoms with E-state index < -0.39 is 30.6 Å². The SMILES string of the molecule is OCCCCN=C=N[C@H]1O[C@H](COCc2ccccc2)[C@@H](OCc2ccccc2)[C@H](OCc2ccccc2)[C@H]1OCc1ccccc1. The van der Waals surface area contributed by atoms with E-state index in [1.165, 1.54) is 0 Å². The Labute approximate surface area is 277 Å². The maximum atomic E-state index is 9.13. The smallest absolute Gasteiger partial charge is 0.187 e. The third-order valence-corrected chi connectivity index (χ3v) is 7.79. The monoisotopic (exact) mass is 636 g/mol. The molecule has 5 atom stereocenters. The van der Waals surface area contributed by atoms with Crippen molar-refractivity contribution in [3.05, 3.63) is 144 Å². The summed E-state index contributed by atoms with van der Waals surface area (Å²) in [7, 11) is 0. The molecule has 1 aliphatic rings. The number of unbranched alkanes of at least 4 members (excludes halogenated alkanes) is 1. The zero-order valence-corrected chi connectivity index (χ0v) is 26.7. The van der Waals surface area contributed by atoms with E-state index in [1.54, 1.807) is 0 Å². The number of aliphatic imine (C=N–C) groups is 2. The minimum Gasteiger partial charge on any atom is -0.396 e. The third kappa shape index (κ3) is 11.3. The lowest BCUT2D eigenvalue weighted by molar-refractivity contribution is -0.270. The first-order valence-electron chi connectivity index (χ1n) is 16.3. The number of hydrogen-bond donors (Lipinski definition) is 1. The third-order valence-electron chi connectivity index (χ3n) is 7.79. The van der Waals surface area contributed by atoms with Crippen molar-refractivity contribution in [2.24, 2.45) is 9.98 Å². The van der Waals surface area contributed by atoms with Gasteiger partial charge < -0.3 is 28.8 Å². The average Bonchev–Trinajstić information content (AvgIpc) is 3.13. The Kier molecular flexibility index (Phi) is 14.3. The van der Waals surface area contributed by atoms with Crippen LogP contribution in [0.1, 0.15) is 35.1 Å². The Morgan fingerprint density at radius 2 is 1.04 bits per heavy atom. The molecule has 0 bridgehead atoms. The number of aliphatic hydroxyl groups is 1. The van der Waals surface area contributed by atoms with Crippen LogP contribution in [0.15, 0.2) is 131 Å². The lowest BCUT2D eigenvalue weighted by Crippen LogP contribution is -2.60. The number of nitrogens with zero attached hydrogens (tertiary/aromatic N) is 2. The highest BCUT2D eigenvalue weighted by Crippen LogP contribution is 2.31. The van der Waals surface area contributed by atoms with Gasteiger partial charge in [0.15, 0.2) is 6.23 Å². The molecule has 4 aromatic carbocycles. The quantitative estimate of drug-likeness (QED) is 0.0974. The molecule has 8 nitrogen and oxygen atoms in total. The summed E-state index contributed by atoms with van der Waals surface area (Å²) >= 11 is 0. The van der Waals surface area contributed by atoms with Crippen LogP contribution < -0.4 is 0 Å². The Morgan fingerprint density at radius 1 is 0.574 bits per heavy atom. The van der Waals surface area contributed by atoms with Crippen LogP contribution in [0.4, 0.5) is 0 Å². The second-order valence-electron chi connectivity index (χ2n) is 11.4. The Hall–Kier alpha value is -3.98. The highest BCUT2D eigenvalue weighted by atomic mass is 16.6. The summed E-state index contributed by atoms with van der Waals surface area (Å²) in [5, 5.41) is 9.13. The lowest BCUT2D eigenvalue weighted by Gasteiger charge is -2.44. The molecule has 1 heterocycles. The minimum atomic E-state index is -0.775. The van der Waals surface area contributed by atoms with Gasteiger partial charge in [0.1, 0.15) is 24.4 Å². The molecular weight excluding hydrogens is 592 g/mol. The van der Waals surface area contributed by atoms with E-state index in [1.807, 2.05) is 121 Å². The Morgan fingerprint density at radius 3 is 1.55 bits per heavy atom. The fourth-order valence-electron chi connectivity index (χ4n) is 5.32. The zero-order chi connectivity index (χ0) is 32.4. The van der Waals surface area contributed by atoms with Gasteiger partial charge in [-0.05, 0) is 35.1 Å². The molecule has 1 fully saturated rings. The van der Waals surface area contributed by atoms with Crippen LogP contribution >= 0.6 is 0 Å². The molecule has 47 heavy (non-hydrogen) atoms. The molecule has 0 amide bonds. The van der Waals surface area contributed by atoms with E-state index >= 15 is 0 Å². The number of hydrogen-bond acceptors (Lipinski definition) is 8. The van der Waals surface area contributed by atoms with Gasteiger partial charge in [0.25, 0.3) is 0 Å². The summed E-state index contributed by atoms with van der Waals surface area (Å²) in [5.41, 5.74) is 4.15. The van der Waals surface area contributed by atoms with Gasteiger partial charge in [-0.3, -0.25) is 0 Å². The van der Waals surface area contributed by atoms with E-state index in [2.05, 4.69) is 16.0 Å². The van der Waals surface area contributed by atoms with Crippen molar-refractivity contribution in [2.45, 2.75) is 69.9 Å². The van der Waals surface area contributed by atoms with Gasteiger partial charge >= 0.3 is 0 Å². The molecule has 1 N–H and O–H groups in total. The summed E-state index contributed by atoms with van der Waals surface area (Å²) in [6.07, 6.45) is -1.62. The molecule has 5 rings (SSSR count). The average molecular weight is 637 g/mol. The second-order valence-corrected chi connectivity index (χ2v) is 11.4. The predicted octanol–water partition coefficient (Wildman–Crippen LogP) is 6.63. The fourth-order valence-corrected chi connectivity index (χ4v) is 5.32. The maximum Gasteiger partial charge on any atom is 0.187 e. The van der Waals surface area contributed by atoms with Crippen molar-refractivity contribution < 1.29 is 28.8 Å². The molecule has 1 saturated heterocycles. The topological polar surface area (TPSA) is 91.1 Å². The summed E-state index contributed by atoms with van der Waals surface area (Å²) in [6.45, 7) is 2.36. The highest BCUT2D eigenvalue weighted by Gasteiger charge is 2.48. The van der Waals surface area contributed by atoms with Crippen molar-refractivity contribution in [3.8, 4) is 0 Å². The standard InChI is InChI=1S/C39H44N2O6/c42-24-14-13-23-40-30-41-39-38(46-28-34-21-11-4-12-22-34)37(45-27-33-19-9-3-10-20-33)36(44-26-32-17-7-2-8-18-32)35(47-39)29-43-25-31-15-5-1-6-16-31/h1-12,15-22,35-39,42H,13-14,23-29H2/t35-,36-,37+,38-,39+/m1/s1. The largest absolute Gasteiger partial charge is 0.396 e. The van der Waals surface area contributed by atoms with Crippen molar-refractivity contribution in [1.29, 1.82) is 0 Å². The van der Waals surface area contributed by atoms with E-state index in [0.717, 1.165) is 28.7 Å². The molecule has 0 aromatic heterocycles. The van der Waals surface area contributed by atoms with Gasteiger partial charge in [0.05, 0.1) is 39.0 Å². The summed E-state index contributed by atoms with van der Waals surface area (Å²) < 4.78 is 32.9. The summed E-state index contributed by atoms with van der Waals surface area (Å²) in [4.78, 5) is 8.96.